The first-order valence-electron chi connectivity index (χ1n) is 9.94. The summed E-state index contributed by atoms with van der Waals surface area (Å²) in [4.78, 5) is 3.78. The van der Waals surface area contributed by atoms with E-state index >= 15 is 0 Å². The summed E-state index contributed by atoms with van der Waals surface area (Å²) in [6, 6.07) is 26.5. The first kappa shape index (κ1) is 21.4. The molecule has 32 heavy (non-hydrogen) atoms. The van der Waals surface area contributed by atoms with Gasteiger partial charge >= 0.3 is 6.18 Å². The van der Waals surface area contributed by atoms with Crippen LogP contribution in [-0.4, -0.2) is 12.1 Å². The Hall–Kier alpha value is -3.80. The molecule has 0 aliphatic rings. The number of alkyl halides is 3. The lowest BCUT2D eigenvalue weighted by Crippen LogP contribution is -2.07. The van der Waals surface area contributed by atoms with Gasteiger partial charge < -0.3 is 9.47 Å². The fraction of sp³-hybridized carbons (Fsp3) is 0.115. The van der Waals surface area contributed by atoms with Crippen LogP contribution in [0.15, 0.2) is 91.0 Å². The van der Waals surface area contributed by atoms with Gasteiger partial charge in [0.15, 0.2) is 11.5 Å². The van der Waals surface area contributed by atoms with Crippen LogP contribution in [-0.2, 0) is 12.8 Å². The molecule has 4 aromatic rings. The van der Waals surface area contributed by atoms with Crippen molar-refractivity contribution in [1.82, 2.24) is 4.98 Å². The quantitative estimate of drug-likeness (QED) is 0.326. The molecule has 0 spiro atoms. The summed E-state index contributed by atoms with van der Waals surface area (Å²) in [6.07, 6.45) is -4.49. The fourth-order valence-corrected chi connectivity index (χ4v) is 3.31. The van der Waals surface area contributed by atoms with Gasteiger partial charge in [-0.1, -0.05) is 60.7 Å². The molecule has 0 radical (unpaired) electrons. The normalized spacial score (nSPS) is 11.2. The van der Waals surface area contributed by atoms with E-state index in [-0.39, 0.29) is 5.69 Å². The van der Waals surface area contributed by atoms with E-state index in [0.29, 0.717) is 23.7 Å². The van der Waals surface area contributed by atoms with Crippen molar-refractivity contribution in [2.24, 2.45) is 0 Å². The Morgan fingerprint density at radius 3 is 2.19 bits per heavy atom. The highest BCUT2D eigenvalue weighted by Gasteiger charge is 2.32. The van der Waals surface area contributed by atoms with Crippen LogP contribution < -0.4 is 9.47 Å². The summed E-state index contributed by atoms with van der Waals surface area (Å²) in [6.45, 7) is 0.410. The van der Waals surface area contributed by atoms with Crippen LogP contribution in [0.4, 0.5) is 13.2 Å². The van der Waals surface area contributed by atoms with Crippen molar-refractivity contribution in [2.75, 3.05) is 7.11 Å². The SMILES string of the molecule is COc1cc(-c2cccc(-c3cccc(C(F)(F)F)n3)c2)ccc1OCc1ccccc1. The van der Waals surface area contributed by atoms with Crippen molar-refractivity contribution < 1.29 is 22.6 Å². The number of rotatable bonds is 6. The number of methoxy groups -OCH3 is 1. The second-order valence-corrected chi connectivity index (χ2v) is 7.13. The minimum absolute atomic E-state index is 0.261. The number of hydrogen-bond donors (Lipinski definition) is 0. The minimum atomic E-state index is -4.49. The van der Waals surface area contributed by atoms with E-state index in [1.165, 1.54) is 6.07 Å². The molecule has 1 aromatic heterocycles. The molecule has 0 fully saturated rings. The predicted octanol–water partition coefficient (Wildman–Crippen LogP) is 7.02. The van der Waals surface area contributed by atoms with E-state index < -0.39 is 11.9 Å². The summed E-state index contributed by atoms with van der Waals surface area (Å²) in [5.41, 5.74) is 2.66. The fourth-order valence-electron chi connectivity index (χ4n) is 3.31. The molecule has 0 saturated heterocycles. The molecular formula is C26H20F3NO2. The van der Waals surface area contributed by atoms with E-state index in [1.54, 1.807) is 25.3 Å². The molecule has 0 aliphatic heterocycles. The molecule has 0 saturated carbocycles. The van der Waals surface area contributed by atoms with Crippen molar-refractivity contribution in [3.05, 3.63) is 102 Å². The Kier molecular flexibility index (Phi) is 6.12. The van der Waals surface area contributed by atoms with Crippen LogP contribution in [0.2, 0.25) is 0 Å². The highest BCUT2D eigenvalue weighted by atomic mass is 19.4. The van der Waals surface area contributed by atoms with Gasteiger partial charge in [0.25, 0.3) is 0 Å². The van der Waals surface area contributed by atoms with Crippen LogP contribution in [0.25, 0.3) is 22.4 Å². The topological polar surface area (TPSA) is 31.4 Å². The molecule has 1 heterocycles. The Morgan fingerprint density at radius 2 is 1.44 bits per heavy atom. The number of nitrogens with zero attached hydrogens (tertiary/aromatic N) is 1. The zero-order valence-electron chi connectivity index (χ0n) is 17.3. The van der Waals surface area contributed by atoms with Gasteiger partial charge in [-0.3, -0.25) is 0 Å². The molecule has 4 rings (SSSR count). The molecule has 0 amide bonds. The van der Waals surface area contributed by atoms with E-state index in [4.69, 9.17) is 9.47 Å². The number of ether oxygens (including phenoxy) is 2. The minimum Gasteiger partial charge on any atom is -0.493 e. The third kappa shape index (κ3) is 4.91. The van der Waals surface area contributed by atoms with Crippen LogP contribution in [0.5, 0.6) is 11.5 Å². The number of aromatic nitrogens is 1. The molecule has 6 heteroatoms. The predicted molar refractivity (Wildman–Crippen MR) is 117 cm³/mol. The van der Waals surface area contributed by atoms with E-state index in [9.17, 15) is 13.2 Å². The van der Waals surface area contributed by atoms with Crippen LogP contribution in [0.1, 0.15) is 11.3 Å². The summed E-state index contributed by atoms with van der Waals surface area (Å²) in [5.74, 6) is 1.18. The van der Waals surface area contributed by atoms with Gasteiger partial charge in [-0.05, 0) is 47.0 Å². The Labute approximate surface area is 184 Å². The van der Waals surface area contributed by atoms with Gasteiger partial charge in [0.2, 0.25) is 0 Å². The van der Waals surface area contributed by atoms with E-state index in [0.717, 1.165) is 22.8 Å². The maximum Gasteiger partial charge on any atom is 0.433 e. The highest BCUT2D eigenvalue weighted by molar-refractivity contribution is 5.73. The van der Waals surface area contributed by atoms with E-state index in [2.05, 4.69) is 4.98 Å². The number of benzene rings is 3. The Morgan fingerprint density at radius 1 is 0.719 bits per heavy atom. The summed E-state index contributed by atoms with van der Waals surface area (Å²) in [7, 11) is 1.57. The third-order valence-electron chi connectivity index (χ3n) is 4.93. The average Bonchev–Trinajstić information content (AvgIpc) is 2.83. The van der Waals surface area contributed by atoms with Gasteiger partial charge in [-0.2, -0.15) is 13.2 Å². The van der Waals surface area contributed by atoms with Gasteiger partial charge in [-0.15, -0.1) is 0 Å². The number of halogens is 3. The standard InChI is InChI=1S/C26H20F3NO2/c1-31-24-16-20(13-14-23(24)32-17-18-7-3-2-4-8-18)19-9-5-10-21(15-19)22-11-6-12-25(30-22)26(27,28)29/h2-16H,17H2,1H3. The van der Waals surface area contributed by atoms with Gasteiger partial charge in [0.1, 0.15) is 12.3 Å². The van der Waals surface area contributed by atoms with Crippen molar-refractivity contribution >= 4 is 0 Å². The second-order valence-electron chi connectivity index (χ2n) is 7.13. The number of pyridine rings is 1. The molecule has 0 aliphatic carbocycles. The Balaban J connectivity index is 1.60. The van der Waals surface area contributed by atoms with Crippen LogP contribution in [0, 0.1) is 0 Å². The van der Waals surface area contributed by atoms with Crippen LogP contribution >= 0.6 is 0 Å². The average molecular weight is 435 g/mol. The van der Waals surface area contributed by atoms with Gasteiger partial charge in [0.05, 0.1) is 12.8 Å². The zero-order valence-corrected chi connectivity index (χ0v) is 17.3. The maximum absolute atomic E-state index is 13.0. The lowest BCUT2D eigenvalue weighted by atomic mass is 10.0. The van der Waals surface area contributed by atoms with Crippen molar-refractivity contribution in [3.8, 4) is 33.9 Å². The monoisotopic (exact) mass is 435 g/mol. The van der Waals surface area contributed by atoms with Crippen molar-refractivity contribution in [3.63, 3.8) is 0 Å². The summed E-state index contributed by atoms with van der Waals surface area (Å²) >= 11 is 0. The summed E-state index contributed by atoms with van der Waals surface area (Å²) < 4.78 is 50.5. The number of hydrogen-bond acceptors (Lipinski definition) is 3. The second kappa shape index (κ2) is 9.14. The Bertz CT molecular complexity index is 1210. The smallest absolute Gasteiger partial charge is 0.433 e. The lowest BCUT2D eigenvalue weighted by molar-refractivity contribution is -0.141. The zero-order chi connectivity index (χ0) is 22.6. The molecule has 3 nitrogen and oxygen atoms in total. The third-order valence-corrected chi connectivity index (χ3v) is 4.93. The molecule has 0 unspecified atom stereocenters. The van der Waals surface area contributed by atoms with Gasteiger partial charge in [0, 0.05) is 5.56 Å². The van der Waals surface area contributed by atoms with E-state index in [1.807, 2.05) is 60.7 Å². The molecule has 0 bridgehead atoms. The van der Waals surface area contributed by atoms with Crippen molar-refractivity contribution in [2.45, 2.75) is 12.8 Å². The van der Waals surface area contributed by atoms with Crippen molar-refractivity contribution in [1.29, 1.82) is 0 Å². The lowest BCUT2D eigenvalue weighted by Gasteiger charge is -2.13. The highest BCUT2D eigenvalue weighted by Crippen LogP contribution is 2.35. The first-order chi connectivity index (χ1) is 15.4. The molecule has 0 atom stereocenters. The first-order valence-corrected chi connectivity index (χ1v) is 9.94. The summed E-state index contributed by atoms with van der Waals surface area (Å²) in [5, 5.41) is 0. The molecule has 3 aromatic carbocycles. The molecule has 162 valence electrons. The van der Waals surface area contributed by atoms with Crippen LogP contribution in [0.3, 0.4) is 0 Å². The maximum atomic E-state index is 13.0. The largest absolute Gasteiger partial charge is 0.493 e. The molecular weight excluding hydrogens is 415 g/mol. The molecule has 0 N–H and O–H groups in total. The van der Waals surface area contributed by atoms with Gasteiger partial charge in [-0.25, -0.2) is 4.98 Å².